The van der Waals surface area contributed by atoms with Crippen LogP contribution in [0, 0.1) is 6.92 Å². The van der Waals surface area contributed by atoms with Gasteiger partial charge in [0.1, 0.15) is 5.76 Å². The summed E-state index contributed by atoms with van der Waals surface area (Å²) in [5.74, 6) is 0.844. The number of hydrogen-bond donors (Lipinski definition) is 0. The third-order valence-corrected chi connectivity index (χ3v) is 3.12. The number of hydrogen-bond acceptors (Lipinski definition) is 1. The zero-order valence-corrected chi connectivity index (χ0v) is 10.4. The van der Waals surface area contributed by atoms with E-state index in [1.807, 2.05) is 37.3 Å². The highest BCUT2D eigenvalue weighted by molar-refractivity contribution is 6.30. The molecule has 0 fully saturated rings. The van der Waals surface area contributed by atoms with Crippen LogP contribution < -0.4 is 0 Å². The summed E-state index contributed by atoms with van der Waals surface area (Å²) in [5.41, 5.74) is 2.24. The Balaban J connectivity index is 2.10. The second kappa shape index (κ2) is 4.94. The van der Waals surface area contributed by atoms with Crippen LogP contribution in [-0.4, -0.2) is 0 Å². The molecule has 2 aromatic rings. The maximum Gasteiger partial charge on any atom is 0.124 e. The van der Waals surface area contributed by atoms with E-state index in [-0.39, 0.29) is 5.38 Å². The van der Waals surface area contributed by atoms with Crippen LogP contribution in [0.3, 0.4) is 0 Å². The molecule has 0 saturated heterocycles. The molecule has 3 heteroatoms. The van der Waals surface area contributed by atoms with Gasteiger partial charge in [0.05, 0.1) is 11.6 Å². The fourth-order valence-corrected chi connectivity index (χ4v) is 2.15. The first-order valence-electron chi connectivity index (χ1n) is 5.09. The lowest BCUT2D eigenvalue weighted by Crippen LogP contribution is -1.95. The van der Waals surface area contributed by atoms with Crippen LogP contribution in [0.15, 0.2) is 41.0 Å². The van der Waals surface area contributed by atoms with Crippen molar-refractivity contribution in [1.29, 1.82) is 0 Å². The molecule has 0 aliphatic rings. The summed E-state index contributed by atoms with van der Waals surface area (Å²) in [5, 5.41) is 0.611. The van der Waals surface area contributed by atoms with Crippen LogP contribution in [0.4, 0.5) is 0 Å². The summed E-state index contributed by atoms with van der Waals surface area (Å²) >= 11 is 12.1. The first-order chi connectivity index (χ1) is 7.66. The molecular formula is C13H12Cl2O. The lowest BCUT2D eigenvalue weighted by atomic mass is 10.1. The lowest BCUT2D eigenvalue weighted by molar-refractivity contribution is 0.499. The molecular weight excluding hydrogens is 243 g/mol. The first kappa shape index (κ1) is 11.6. The van der Waals surface area contributed by atoms with Crippen molar-refractivity contribution in [3.8, 4) is 0 Å². The van der Waals surface area contributed by atoms with Crippen LogP contribution in [0.25, 0.3) is 0 Å². The van der Waals surface area contributed by atoms with Crippen molar-refractivity contribution in [1.82, 2.24) is 0 Å². The van der Waals surface area contributed by atoms with Crippen LogP contribution in [0.5, 0.6) is 0 Å². The van der Waals surface area contributed by atoms with Gasteiger partial charge in [0.25, 0.3) is 0 Å². The SMILES string of the molecule is Cc1ccoc1C(Cl)Cc1ccc(Cl)cc1. The van der Waals surface area contributed by atoms with Crippen molar-refractivity contribution in [2.75, 3.05) is 0 Å². The van der Waals surface area contributed by atoms with E-state index in [9.17, 15) is 0 Å². The molecule has 1 unspecified atom stereocenters. The van der Waals surface area contributed by atoms with Crippen molar-refractivity contribution in [3.63, 3.8) is 0 Å². The largest absolute Gasteiger partial charge is 0.467 e. The third kappa shape index (κ3) is 2.60. The van der Waals surface area contributed by atoms with Crippen LogP contribution in [-0.2, 0) is 6.42 Å². The van der Waals surface area contributed by atoms with E-state index in [0.29, 0.717) is 0 Å². The Morgan fingerprint density at radius 2 is 1.88 bits per heavy atom. The zero-order valence-electron chi connectivity index (χ0n) is 8.91. The van der Waals surface area contributed by atoms with Gasteiger partial charge < -0.3 is 4.42 Å². The van der Waals surface area contributed by atoms with E-state index in [2.05, 4.69) is 0 Å². The number of halogens is 2. The average Bonchev–Trinajstić information content (AvgIpc) is 2.68. The minimum atomic E-state index is -0.129. The van der Waals surface area contributed by atoms with Gasteiger partial charge in [-0.3, -0.25) is 0 Å². The molecule has 0 bridgehead atoms. The summed E-state index contributed by atoms with van der Waals surface area (Å²) in [6.45, 7) is 2.00. The summed E-state index contributed by atoms with van der Waals surface area (Å²) < 4.78 is 5.36. The number of aryl methyl sites for hydroxylation is 1. The van der Waals surface area contributed by atoms with Gasteiger partial charge in [-0.2, -0.15) is 0 Å². The second-order valence-electron chi connectivity index (χ2n) is 3.77. The van der Waals surface area contributed by atoms with Gasteiger partial charge in [-0.15, -0.1) is 11.6 Å². The first-order valence-corrected chi connectivity index (χ1v) is 5.91. The van der Waals surface area contributed by atoms with Crippen LogP contribution in [0.2, 0.25) is 5.02 Å². The molecule has 1 atom stereocenters. The smallest absolute Gasteiger partial charge is 0.124 e. The Morgan fingerprint density at radius 3 is 2.44 bits per heavy atom. The van der Waals surface area contributed by atoms with E-state index in [0.717, 1.165) is 28.3 Å². The fourth-order valence-electron chi connectivity index (χ4n) is 1.63. The fraction of sp³-hybridized carbons (Fsp3) is 0.231. The van der Waals surface area contributed by atoms with Gasteiger partial charge in [0.2, 0.25) is 0 Å². The zero-order chi connectivity index (χ0) is 11.5. The topological polar surface area (TPSA) is 13.1 Å². The molecule has 0 aliphatic heterocycles. The van der Waals surface area contributed by atoms with E-state index in [1.165, 1.54) is 0 Å². The third-order valence-electron chi connectivity index (χ3n) is 2.51. The molecule has 1 aromatic heterocycles. The summed E-state index contributed by atoms with van der Waals surface area (Å²) in [7, 11) is 0. The van der Waals surface area contributed by atoms with Gasteiger partial charge in [-0.25, -0.2) is 0 Å². The molecule has 16 heavy (non-hydrogen) atoms. The minimum Gasteiger partial charge on any atom is -0.467 e. The lowest BCUT2D eigenvalue weighted by Gasteiger charge is -2.08. The van der Waals surface area contributed by atoms with Gasteiger partial charge in [-0.05, 0) is 42.7 Å². The van der Waals surface area contributed by atoms with E-state index >= 15 is 0 Å². The highest BCUT2D eigenvalue weighted by atomic mass is 35.5. The van der Waals surface area contributed by atoms with Gasteiger partial charge >= 0.3 is 0 Å². The standard InChI is InChI=1S/C13H12Cl2O/c1-9-6-7-16-13(9)12(15)8-10-2-4-11(14)5-3-10/h2-7,12H,8H2,1H3. The van der Waals surface area contributed by atoms with E-state index in [4.69, 9.17) is 27.6 Å². The number of alkyl halides is 1. The summed E-state index contributed by atoms with van der Waals surface area (Å²) in [6.07, 6.45) is 2.41. The van der Waals surface area contributed by atoms with Crippen molar-refractivity contribution in [3.05, 3.63) is 58.5 Å². The molecule has 0 aliphatic carbocycles. The monoisotopic (exact) mass is 254 g/mol. The Morgan fingerprint density at radius 1 is 1.19 bits per heavy atom. The Labute approximate surface area is 105 Å². The van der Waals surface area contributed by atoms with Gasteiger partial charge in [0, 0.05) is 5.02 Å². The Bertz CT molecular complexity index is 459. The number of benzene rings is 1. The number of furan rings is 1. The molecule has 1 nitrogen and oxygen atoms in total. The Kier molecular flexibility index (Phi) is 3.57. The quantitative estimate of drug-likeness (QED) is 0.720. The molecule has 0 radical (unpaired) electrons. The molecule has 0 N–H and O–H groups in total. The Hall–Kier alpha value is -0.920. The molecule has 0 saturated carbocycles. The predicted molar refractivity (Wildman–Crippen MR) is 67.2 cm³/mol. The maximum absolute atomic E-state index is 6.30. The van der Waals surface area contributed by atoms with E-state index in [1.54, 1.807) is 6.26 Å². The van der Waals surface area contributed by atoms with Crippen LogP contribution in [0.1, 0.15) is 22.3 Å². The van der Waals surface area contributed by atoms with Crippen molar-refractivity contribution >= 4 is 23.2 Å². The second-order valence-corrected chi connectivity index (χ2v) is 4.73. The minimum absolute atomic E-state index is 0.129. The van der Waals surface area contributed by atoms with E-state index < -0.39 is 0 Å². The maximum atomic E-state index is 6.30. The molecule has 2 rings (SSSR count). The predicted octanol–water partition coefficient (Wildman–Crippen LogP) is 4.76. The van der Waals surface area contributed by atoms with Crippen molar-refractivity contribution in [2.24, 2.45) is 0 Å². The summed E-state index contributed by atoms with van der Waals surface area (Å²) in [6, 6.07) is 9.63. The number of rotatable bonds is 3. The molecule has 84 valence electrons. The molecule has 0 spiro atoms. The average molecular weight is 255 g/mol. The molecule has 1 aromatic carbocycles. The van der Waals surface area contributed by atoms with Crippen molar-refractivity contribution < 1.29 is 4.42 Å². The molecule has 0 amide bonds. The van der Waals surface area contributed by atoms with Gasteiger partial charge in [0.15, 0.2) is 0 Å². The normalized spacial score (nSPS) is 12.7. The van der Waals surface area contributed by atoms with Gasteiger partial charge in [-0.1, -0.05) is 23.7 Å². The highest BCUT2D eigenvalue weighted by Crippen LogP contribution is 2.28. The van der Waals surface area contributed by atoms with Crippen LogP contribution >= 0.6 is 23.2 Å². The van der Waals surface area contributed by atoms with Crippen molar-refractivity contribution in [2.45, 2.75) is 18.7 Å². The highest BCUT2D eigenvalue weighted by Gasteiger charge is 2.14. The summed E-state index contributed by atoms with van der Waals surface area (Å²) in [4.78, 5) is 0. The molecule has 1 heterocycles.